The summed E-state index contributed by atoms with van der Waals surface area (Å²) in [6.45, 7) is 2.23. The number of ether oxygens (including phenoxy) is 1. The van der Waals surface area contributed by atoms with Crippen molar-refractivity contribution in [3.63, 3.8) is 0 Å². The van der Waals surface area contributed by atoms with Crippen LogP contribution < -0.4 is 5.73 Å². The Labute approximate surface area is 149 Å². The molecule has 0 radical (unpaired) electrons. The minimum atomic E-state index is -0.486. The number of halogens is 1. The molecule has 2 aromatic rings. The second kappa shape index (κ2) is 7.65. The normalized spacial score (nSPS) is 19.4. The van der Waals surface area contributed by atoms with Gasteiger partial charge in [-0.2, -0.15) is 0 Å². The zero-order valence-electron chi connectivity index (χ0n) is 15.1. The van der Waals surface area contributed by atoms with Crippen molar-refractivity contribution in [2.75, 3.05) is 27.2 Å². The van der Waals surface area contributed by atoms with Crippen molar-refractivity contribution in [2.24, 2.45) is 5.73 Å². The Morgan fingerprint density at radius 3 is 2.60 bits per heavy atom. The van der Waals surface area contributed by atoms with Crippen molar-refractivity contribution >= 4 is 0 Å². The van der Waals surface area contributed by atoms with Gasteiger partial charge in [0.25, 0.3) is 0 Å². The summed E-state index contributed by atoms with van der Waals surface area (Å²) in [5, 5.41) is 0. The van der Waals surface area contributed by atoms with E-state index in [1.165, 1.54) is 28.8 Å². The fourth-order valence-corrected chi connectivity index (χ4v) is 3.71. The van der Waals surface area contributed by atoms with Gasteiger partial charge in [-0.25, -0.2) is 4.39 Å². The van der Waals surface area contributed by atoms with Gasteiger partial charge in [0.15, 0.2) is 0 Å². The molecule has 1 unspecified atom stereocenters. The van der Waals surface area contributed by atoms with Crippen LogP contribution in [-0.2, 0) is 23.4 Å². The first kappa shape index (κ1) is 18.1. The predicted octanol–water partition coefficient (Wildman–Crippen LogP) is 3.44. The van der Waals surface area contributed by atoms with Crippen molar-refractivity contribution in [1.29, 1.82) is 0 Å². The summed E-state index contributed by atoms with van der Waals surface area (Å²) in [5.41, 5.74) is 9.90. The number of hydrogen-bond acceptors (Lipinski definition) is 3. The second-order valence-electron chi connectivity index (χ2n) is 7.06. The number of rotatable bonds is 7. The summed E-state index contributed by atoms with van der Waals surface area (Å²) in [5.74, 6) is -0.219. The molecule has 0 aromatic heterocycles. The molecule has 25 heavy (non-hydrogen) atoms. The van der Waals surface area contributed by atoms with Crippen molar-refractivity contribution in [3.8, 4) is 0 Å². The van der Waals surface area contributed by atoms with E-state index in [1.807, 2.05) is 12.1 Å². The quantitative estimate of drug-likeness (QED) is 0.838. The molecular weight excluding hydrogens is 315 g/mol. The van der Waals surface area contributed by atoms with Gasteiger partial charge in [0.1, 0.15) is 11.4 Å². The first-order chi connectivity index (χ1) is 12.0. The van der Waals surface area contributed by atoms with E-state index in [2.05, 4.69) is 37.2 Å². The van der Waals surface area contributed by atoms with E-state index < -0.39 is 5.60 Å². The molecule has 0 aliphatic carbocycles. The first-order valence-corrected chi connectivity index (χ1v) is 8.92. The lowest BCUT2D eigenvalue weighted by Gasteiger charge is -2.31. The van der Waals surface area contributed by atoms with Crippen LogP contribution in [0, 0.1) is 5.82 Å². The lowest BCUT2D eigenvalue weighted by atomic mass is 9.81. The Morgan fingerprint density at radius 2 is 1.92 bits per heavy atom. The van der Waals surface area contributed by atoms with Crippen molar-refractivity contribution in [2.45, 2.75) is 31.5 Å². The maximum absolute atomic E-state index is 13.4. The Balaban J connectivity index is 1.98. The van der Waals surface area contributed by atoms with E-state index in [0.717, 1.165) is 31.4 Å². The van der Waals surface area contributed by atoms with Crippen LogP contribution in [0.3, 0.4) is 0 Å². The summed E-state index contributed by atoms with van der Waals surface area (Å²) >= 11 is 0. The molecule has 134 valence electrons. The van der Waals surface area contributed by atoms with Crippen LogP contribution in [0.2, 0.25) is 0 Å². The monoisotopic (exact) mass is 342 g/mol. The number of hydrogen-bond donors (Lipinski definition) is 1. The van der Waals surface area contributed by atoms with Crippen LogP contribution in [0.4, 0.5) is 4.39 Å². The van der Waals surface area contributed by atoms with Gasteiger partial charge in [-0.1, -0.05) is 30.3 Å². The highest BCUT2D eigenvalue weighted by Gasteiger charge is 2.41. The summed E-state index contributed by atoms with van der Waals surface area (Å²) in [4.78, 5) is 2.18. The average molecular weight is 342 g/mol. The molecule has 0 fully saturated rings. The Hall–Kier alpha value is -1.75. The molecule has 0 amide bonds. The Kier molecular flexibility index (Phi) is 5.52. The molecule has 1 atom stereocenters. The van der Waals surface area contributed by atoms with Gasteiger partial charge in [0, 0.05) is 0 Å². The van der Waals surface area contributed by atoms with Crippen LogP contribution in [0.5, 0.6) is 0 Å². The minimum Gasteiger partial charge on any atom is -0.361 e. The predicted molar refractivity (Wildman–Crippen MR) is 99.0 cm³/mol. The topological polar surface area (TPSA) is 38.5 Å². The summed E-state index contributed by atoms with van der Waals surface area (Å²) in [7, 11) is 4.15. The maximum Gasteiger partial charge on any atom is 0.123 e. The van der Waals surface area contributed by atoms with Gasteiger partial charge in [-0.15, -0.1) is 0 Å². The minimum absolute atomic E-state index is 0.219. The molecule has 0 bridgehead atoms. The van der Waals surface area contributed by atoms with Crippen LogP contribution in [0.25, 0.3) is 0 Å². The molecule has 0 saturated heterocycles. The number of benzene rings is 2. The van der Waals surface area contributed by atoms with Gasteiger partial charge in [0.05, 0.1) is 6.61 Å². The van der Waals surface area contributed by atoms with Crippen LogP contribution >= 0.6 is 0 Å². The smallest absolute Gasteiger partial charge is 0.123 e. The molecule has 2 aromatic carbocycles. The van der Waals surface area contributed by atoms with Gasteiger partial charge >= 0.3 is 0 Å². The number of fused-ring (bicyclic) bond motifs is 1. The average Bonchev–Trinajstić information content (AvgIpc) is 2.95. The van der Waals surface area contributed by atoms with E-state index >= 15 is 0 Å². The Bertz CT molecular complexity index is 714. The van der Waals surface area contributed by atoms with Crippen molar-refractivity contribution in [3.05, 3.63) is 70.5 Å². The summed E-state index contributed by atoms with van der Waals surface area (Å²) < 4.78 is 19.8. The highest BCUT2D eigenvalue weighted by Crippen LogP contribution is 2.45. The van der Waals surface area contributed by atoms with E-state index in [-0.39, 0.29) is 5.82 Å². The molecule has 1 aliphatic heterocycles. The SMILES string of the molecule is CN(C)CCCC1(c2ccc(F)cc2)OCc2cc(CCN)ccc21. The van der Waals surface area contributed by atoms with Crippen LogP contribution in [0.1, 0.15) is 35.1 Å². The van der Waals surface area contributed by atoms with Crippen LogP contribution in [0.15, 0.2) is 42.5 Å². The van der Waals surface area contributed by atoms with Crippen LogP contribution in [-0.4, -0.2) is 32.1 Å². The van der Waals surface area contributed by atoms with Gasteiger partial charge in [-0.3, -0.25) is 0 Å². The lowest BCUT2D eigenvalue weighted by Crippen LogP contribution is -2.28. The van der Waals surface area contributed by atoms with Gasteiger partial charge < -0.3 is 15.4 Å². The van der Waals surface area contributed by atoms with Crippen molar-refractivity contribution < 1.29 is 9.13 Å². The van der Waals surface area contributed by atoms with Gasteiger partial charge in [-0.05, 0) is 80.8 Å². The zero-order valence-corrected chi connectivity index (χ0v) is 15.1. The molecule has 2 N–H and O–H groups in total. The Morgan fingerprint density at radius 1 is 1.16 bits per heavy atom. The third-order valence-electron chi connectivity index (χ3n) is 4.96. The fourth-order valence-electron chi connectivity index (χ4n) is 3.71. The van der Waals surface area contributed by atoms with E-state index in [1.54, 1.807) is 0 Å². The third-order valence-corrected chi connectivity index (χ3v) is 4.96. The molecule has 1 aliphatic rings. The van der Waals surface area contributed by atoms with Gasteiger partial charge in [0.2, 0.25) is 0 Å². The molecule has 3 rings (SSSR count). The van der Waals surface area contributed by atoms with Crippen molar-refractivity contribution in [1.82, 2.24) is 4.90 Å². The standard InChI is InChI=1S/C21H27FN2O/c1-24(2)13-3-11-21(18-5-7-19(22)8-6-18)20-9-4-16(10-12-23)14-17(20)15-25-21/h4-9,14H,3,10-13,15,23H2,1-2H3. The molecule has 0 saturated carbocycles. The number of nitrogens with two attached hydrogens (primary N) is 1. The molecule has 3 nitrogen and oxygen atoms in total. The number of nitrogens with zero attached hydrogens (tertiary/aromatic N) is 1. The first-order valence-electron chi connectivity index (χ1n) is 8.92. The molecule has 0 spiro atoms. The van der Waals surface area contributed by atoms with E-state index in [4.69, 9.17) is 10.5 Å². The lowest BCUT2D eigenvalue weighted by molar-refractivity contribution is -0.0140. The molecular formula is C21H27FN2O. The third kappa shape index (κ3) is 3.76. The van der Waals surface area contributed by atoms with E-state index in [0.29, 0.717) is 13.2 Å². The highest BCUT2D eigenvalue weighted by molar-refractivity contribution is 5.45. The molecule has 4 heteroatoms. The largest absolute Gasteiger partial charge is 0.361 e. The zero-order chi connectivity index (χ0) is 17.9. The fraction of sp³-hybridized carbons (Fsp3) is 0.429. The summed E-state index contributed by atoms with van der Waals surface area (Å²) in [6, 6.07) is 13.3. The summed E-state index contributed by atoms with van der Waals surface area (Å²) in [6.07, 6.45) is 2.76. The van der Waals surface area contributed by atoms with E-state index in [9.17, 15) is 4.39 Å². The molecule has 1 heterocycles. The second-order valence-corrected chi connectivity index (χ2v) is 7.06. The highest BCUT2D eigenvalue weighted by atomic mass is 19.1. The maximum atomic E-state index is 13.4.